The summed E-state index contributed by atoms with van der Waals surface area (Å²) in [7, 11) is 0. The number of thioether (sulfide) groups is 1. The minimum absolute atomic E-state index is 0.00714. The molecule has 1 amide bonds. The molecule has 5 rings (SSSR count). The second kappa shape index (κ2) is 7.04. The van der Waals surface area contributed by atoms with Gasteiger partial charge in [0.05, 0.1) is 24.6 Å². The normalized spacial score (nSPS) is 17.5. The topological polar surface area (TPSA) is 47.4 Å². The predicted octanol–water partition coefficient (Wildman–Crippen LogP) is 4.35. The molecule has 0 N–H and O–H groups in total. The van der Waals surface area contributed by atoms with Gasteiger partial charge in [0.25, 0.3) is 5.91 Å². The fourth-order valence-corrected chi connectivity index (χ4v) is 5.40. The van der Waals surface area contributed by atoms with Crippen LogP contribution >= 0.6 is 11.8 Å². The lowest BCUT2D eigenvalue weighted by Crippen LogP contribution is -2.41. The standard InChI is InChI=1S/C23H23N3O2S/c1-23(2)19-20(22(27)25-12-14-28-15-13-25)24-26(16-8-4-3-5-9-16)21(19)17-10-6-7-11-18(17)29-23/h3-11H,12-15H2,1-2H3. The third-order valence-corrected chi connectivity index (χ3v) is 6.79. The van der Waals surface area contributed by atoms with E-state index >= 15 is 0 Å². The molecule has 2 aromatic carbocycles. The summed E-state index contributed by atoms with van der Waals surface area (Å²) in [5, 5.41) is 4.90. The molecule has 3 heterocycles. The molecule has 1 fully saturated rings. The van der Waals surface area contributed by atoms with E-state index in [1.807, 2.05) is 46.0 Å². The average Bonchev–Trinajstić information content (AvgIpc) is 3.16. The number of nitrogens with zero attached hydrogens (tertiary/aromatic N) is 3. The van der Waals surface area contributed by atoms with Crippen LogP contribution in [0.5, 0.6) is 0 Å². The zero-order valence-electron chi connectivity index (χ0n) is 16.6. The Morgan fingerprint density at radius 1 is 1.03 bits per heavy atom. The molecule has 0 atom stereocenters. The number of benzene rings is 2. The molecule has 1 saturated heterocycles. The van der Waals surface area contributed by atoms with Crippen LogP contribution in [0.2, 0.25) is 0 Å². The molecule has 29 heavy (non-hydrogen) atoms. The van der Waals surface area contributed by atoms with E-state index in [2.05, 4.69) is 32.0 Å². The number of para-hydroxylation sites is 1. The van der Waals surface area contributed by atoms with E-state index in [0.717, 1.165) is 22.5 Å². The summed E-state index contributed by atoms with van der Waals surface area (Å²) in [6.45, 7) is 6.73. The summed E-state index contributed by atoms with van der Waals surface area (Å²) in [5.41, 5.74) is 4.68. The molecule has 3 aromatic rings. The quantitative estimate of drug-likeness (QED) is 0.636. The van der Waals surface area contributed by atoms with Crippen LogP contribution in [0.4, 0.5) is 0 Å². The maximum Gasteiger partial charge on any atom is 0.274 e. The predicted molar refractivity (Wildman–Crippen MR) is 115 cm³/mol. The Labute approximate surface area is 174 Å². The fourth-order valence-electron chi connectivity index (χ4n) is 4.14. The van der Waals surface area contributed by atoms with Gasteiger partial charge in [0.1, 0.15) is 0 Å². The Hall–Kier alpha value is -2.57. The summed E-state index contributed by atoms with van der Waals surface area (Å²) >= 11 is 1.79. The second-order valence-corrected chi connectivity index (χ2v) is 9.50. The molecule has 1 aromatic heterocycles. The highest BCUT2D eigenvalue weighted by atomic mass is 32.2. The third kappa shape index (κ3) is 3.07. The van der Waals surface area contributed by atoms with E-state index in [4.69, 9.17) is 9.84 Å². The number of carbonyl (C=O) groups excluding carboxylic acids is 1. The molecule has 0 unspecified atom stereocenters. The van der Waals surface area contributed by atoms with Gasteiger partial charge in [-0.15, -0.1) is 11.8 Å². The molecule has 2 aliphatic rings. The number of carbonyl (C=O) groups is 1. The number of morpholine rings is 1. The van der Waals surface area contributed by atoms with E-state index in [-0.39, 0.29) is 10.7 Å². The molecule has 0 saturated carbocycles. The van der Waals surface area contributed by atoms with E-state index in [0.29, 0.717) is 32.0 Å². The first-order valence-corrected chi connectivity index (χ1v) is 10.7. The number of hydrogen-bond acceptors (Lipinski definition) is 4. The first-order valence-electron chi connectivity index (χ1n) is 9.90. The number of rotatable bonds is 2. The molecule has 0 aliphatic carbocycles. The van der Waals surface area contributed by atoms with Crippen molar-refractivity contribution in [2.45, 2.75) is 23.5 Å². The molecule has 0 spiro atoms. The molecular weight excluding hydrogens is 382 g/mol. The summed E-state index contributed by atoms with van der Waals surface area (Å²) < 4.78 is 7.11. The maximum absolute atomic E-state index is 13.5. The monoisotopic (exact) mass is 405 g/mol. The number of fused-ring (bicyclic) bond motifs is 3. The Bertz CT molecular complexity index is 1070. The van der Waals surface area contributed by atoms with Crippen LogP contribution in [0, 0.1) is 0 Å². The largest absolute Gasteiger partial charge is 0.378 e. The van der Waals surface area contributed by atoms with Crippen LogP contribution in [0.1, 0.15) is 29.9 Å². The van der Waals surface area contributed by atoms with Crippen LogP contribution in [0.25, 0.3) is 16.9 Å². The molecule has 148 valence electrons. The number of ether oxygens (including phenoxy) is 1. The van der Waals surface area contributed by atoms with Gasteiger partial charge in [0.2, 0.25) is 0 Å². The lowest BCUT2D eigenvalue weighted by atomic mass is 9.94. The zero-order valence-corrected chi connectivity index (χ0v) is 17.4. The Morgan fingerprint density at radius 3 is 2.48 bits per heavy atom. The summed E-state index contributed by atoms with van der Waals surface area (Å²) in [6.07, 6.45) is 0. The minimum atomic E-state index is -0.270. The van der Waals surface area contributed by atoms with Crippen LogP contribution in [-0.2, 0) is 9.48 Å². The van der Waals surface area contributed by atoms with E-state index in [9.17, 15) is 4.79 Å². The van der Waals surface area contributed by atoms with Crippen LogP contribution in [0.3, 0.4) is 0 Å². The Morgan fingerprint density at radius 2 is 1.72 bits per heavy atom. The van der Waals surface area contributed by atoms with E-state index < -0.39 is 0 Å². The number of hydrogen-bond donors (Lipinski definition) is 0. The van der Waals surface area contributed by atoms with Crippen molar-refractivity contribution in [1.82, 2.24) is 14.7 Å². The number of aromatic nitrogens is 2. The van der Waals surface area contributed by atoms with Gasteiger partial charge < -0.3 is 9.64 Å². The number of amides is 1. The molecule has 6 heteroatoms. The SMILES string of the molecule is CC1(C)Sc2ccccc2-c2c1c(C(=O)N1CCOCC1)nn2-c1ccccc1. The molecule has 0 bridgehead atoms. The smallest absolute Gasteiger partial charge is 0.274 e. The average molecular weight is 406 g/mol. The molecular formula is C23H23N3O2S. The van der Waals surface area contributed by atoms with Gasteiger partial charge in [-0.3, -0.25) is 4.79 Å². The van der Waals surface area contributed by atoms with E-state index in [1.54, 1.807) is 11.8 Å². The molecule has 2 aliphatic heterocycles. The first kappa shape index (κ1) is 18.5. The Kier molecular flexibility index (Phi) is 4.48. The highest BCUT2D eigenvalue weighted by Crippen LogP contribution is 2.54. The Balaban J connectivity index is 1.76. The van der Waals surface area contributed by atoms with Gasteiger partial charge >= 0.3 is 0 Å². The maximum atomic E-state index is 13.5. The third-order valence-electron chi connectivity index (χ3n) is 5.50. The summed E-state index contributed by atoms with van der Waals surface area (Å²) in [4.78, 5) is 16.6. The first-order chi connectivity index (χ1) is 14.1. The summed E-state index contributed by atoms with van der Waals surface area (Å²) in [6, 6.07) is 18.5. The van der Waals surface area contributed by atoms with Crippen molar-refractivity contribution in [3.8, 4) is 16.9 Å². The van der Waals surface area contributed by atoms with Gasteiger partial charge in [-0.2, -0.15) is 5.10 Å². The van der Waals surface area contributed by atoms with Crippen LogP contribution in [0.15, 0.2) is 59.5 Å². The van der Waals surface area contributed by atoms with Crippen molar-refractivity contribution >= 4 is 17.7 Å². The van der Waals surface area contributed by atoms with E-state index in [1.165, 1.54) is 4.90 Å². The van der Waals surface area contributed by atoms with Crippen LogP contribution in [-0.4, -0.2) is 46.9 Å². The van der Waals surface area contributed by atoms with Crippen LogP contribution < -0.4 is 0 Å². The fraction of sp³-hybridized carbons (Fsp3) is 0.304. The van der Waals surface area contributed by atoms with Crippen molar-refractivity contribution in [1.29, 1.82) is 0 Å². The van der Waals surface area contributed by atoms with Crippen molar-refractivity contribution in [3.05, 3.63) is 65.9 Å². The summed E-state index contributed by atoms with van der Waals surface area (Å²) in [5.74, 6) is -0.00714. The van der Waals surface area contributed by atoms with Crippen molar-refractivity contribution in [2.75, 3.05) is 26.3 Å². The molecule has 5 nitrogen and oxygen atoms in total. The highest BCUT2D eigenvalue weighted by molar-refractivity contribution is 8.00. The van der Waals surface area contributed by atoms with Crippen molar-refractivity contribution in [3.63, 3.8) is 0 Å². The van der Waals surface area contributed by atoms with Gasteiger partial charge in [-0.25, -0.2) is 4.68 Å². The lowest BCUT2D eigenvalue weighted by Gasteiger charge is -2.33. The van der Waals surface area contributed by atoms with Gasteiger partial charge in [-0.05, 0) is 32.0 Å². The van der Waals surface area contributed by atoms with Gasteiger partial charge in [0.15, 0.2) is 5.69 Å². The molecule has 0 radical (unpaired) electrons. The lowest BCUT2D eigenvalue weighted by molar-refractivity contribution is 0.0297. The second-order valence-electron chi connectivity index (χ2n) is 7.83. The zero-order chi connectivity index (χ0) is 20.0. The highest BCUT2D eigenvalue weighted by Gasteiger charge is 2.41. The minimum Gasteiger partial charge on any atom is -0.378 e. The van der Waals surface area contributed by atoms with Gasteiger partial charge in [-0.1, -0.05) is 36.4 Å². The van der Waals surface area contributed by atoms with Crippen molar-refractivity contribution < 1.29 is 9.53 Å². The van der Waals surface area contributed by atoms with Crippen molar-refractivity contribution in [2.24, 2.45) is 0 Å². The van der Waals surface area contributed by atoms with Gasteiger partial charge in [0, 0.05) is 33.9 Å².